The van der Waals surface area contributed by atoms with E-state index in [1.165, 1.54) is 56.9 Å². The van der Waals surface area contributed by atoms with Gasteiger partial charge in [-0.25, -0.2) is 0 Å². The van der Waals surface area contributed by atoms with Gasteiger partial charge < -0.3 is 10.2 Å². The summed E-state index contributed by atoms with van der Waals surface area (Å²) in [5, 5.41) is 20.9. The van der Waals surface area contributed by atoms with Gasteiger partial charge in [0.05, 0.1) is 12.7 Å². The Kier molecular flexibility index (Phi) is 7.01. The van der Waals surface area contributed by atoms with Crippen LogP contribution in [0.5, 0.6) is 0 Å². The highest BCUT2D eigenvalue weighted by Gasteiger charge is 2.60. The maximum Gasteiger partial charge on any atom is 0.0577 e. The van der Waals surface area contributed by atoms with Crippen LogP contribution in [0.1, 0.15) is 105 Å². The van der Waals surface area contributed by atoms with Gasteiger partial charge >= 0.3 is 0 Å². The average molecular weight is 431 g/mol. The number of fused-ring (bicyclic) bond motifs is 5. The molecule has 0 aromatic rings. The highest BCUT2D eigenvalue weighted by atomic mass is 16.3. The van der Waals surface area contributed by atoms with Gasteiger partial charge in [0.1, 0.15) is 0 Å². The smallest absolute Gasteiger partial charge is 0.0577 e. The normalized spacial score (nSPS) is 44.3. The van der Waals surface area contributed by atoms with E-state index in [0.717, 1.165) is 54.8 Å². The van der Waals surface area contributed by atoms with E-state index in [-0.39, 0.29) is 11.5 Å². The molecule has 3 fully saturated rings. The SMILES string of the molecule is CCC(CCC(C)C1CCC2C3CC=C4CC(O)CCC4(CO)C3CCC12C)C(C)C. The first-order chi connectivity index (χ1) is 14.8. The molecule has 0 aliphatic heterocycles. The largest absolute Gasteiger partial charge is 0.395 e. The molecule has 2 N–H and O–H groups in total. The lowest BCUT2D eigenvalue weighted by Gasteiger charge is -2.59. The summed E-state index contributed by atoms with van der Waals surface area (Å²) in [5.74, 6) is 5.64. The van der Waals surface area contributed by atoms with Gasteiger partial charge in [-0.15, -0.1) is 0 Å². The van der Waals surface area contributed by atoms with Crippen molar-refractivity contribution in [1.29, 1.82) is 0 Å². The Morgan fingerprint density at radius 3 is 2.48 bits per heavy atom. The first kappa shape index (κ1) is 23.8. The van der Waals surface area contributed by atoms with Crippen LogP contribution in [0.4, 0.5) is 0 Å². The third-order valence-corrected chi connectivity index (χ3v) is 11.3. The van der Waals surface area contributed by atoms with Crippen molar-refractivity contribution in [2.75, 3.05) is 6.61 Å². The molecule has 4 aliphatic rings. The third kappa shape index (κ3) is 3.96. The van der Waals surface area contributed by atoms with Crippen LogP contribution in [0.2, 0.25) is 0 Å². The number of aliphatic hydroxyl groups excluding tert-OH is 2. The van der Waals surface area contributed by atoms with Crippen LogP contribution in [-0.4, -0.2) is 22.9 Å². The van der Waals surface area contributed by atoms with E-state index in [0.29, 0.717) is 17.9 Å². The fourth-order valence-corrected chi connectivity index (χ4v) is 9.39. The Hall–Kier alpha value is -0.340. The van der Waals surface area contributed by atoms with Crippen molar-refractivity contribution in [3.63, 3.8) is 0 Å². The van der Waals surface area contributed by atoms with Gasteiger partial charge in [-0.1, -0.05) is 59.1 Å². The Bertz CT molecular complexity index is 653. The molecule has 0 heterocycles. The number of aliphatic hydroxyl groups is 2. The molecule has 178 valence electrons. The van der Waals surface area contributed by atoms with Gasteiger partial charge in [0, 0.05) is 5.41 Å². The quantitative estimate of drug-likeness (QED) is 0.427. The predicted molar refractivity (Wildman–Crippen MR) is 130 cm³/mol. The molecule has 9 unspecified atom stereocenters. The molecule has 0 bridgehead atoms. The van der Waals surface area contributed by atoms with E-state index in [4.69, 9.17) is 0 Å². The van der Waals surface area contributed by atoms with Crippen molar-refractivity contribution in [2.24, 2.45) is 52.3 Å². The van der Waals surface area contributed by atoms with Crippen molar-refractivity contribution in [2.45, 2.75) is 111 Å². The van der Waals surface area contributed by atoms with E-state index >= 15 is 0 Å². The first-order valence-electron chi connectivity index (χ1n) is 13.7. The van der Waals surface area contributed by atoms with E-state index in [1.54, 1.807) is 0 Å². The molecular weight excluding hydrogens is 380 g/mol. The molecule has 31 heavy (non-hydrogen) atoms. The molecule has 2 nitrogen and oxygen atoms in total. The van der Waals surface area contributed by atoms with Crippen LogP contribution < -0.4 is 0 Å². The van der Waals surface area contributed by atoms with Gasteiger partial charge in [-0.05, 0) is 105 Å². The van der Waals surface area contributed by atoms with Crippen LogP contribution in [0.15, 0.2) is 11.6 Å². The Labute approximate surface area is 192 Å². The van der Waals surface area contributed by atoms with Gasteiger partial charge in [0.2, 0.25) is 0 Å². The summed E-state index contributed by atoms with van der Waals surface area (Å²) >= 11 is 0. The zero-order valence-corrected chi connectivity index (χ0v) is 21.1. The van der Waals surface area contributed by atoms with E-state index in [2.05, 4.69) is 40.7 Å². The fourth-order valence-electron chi connectivity index (χ4n) is 9.39. The topological polar surface area (TPSA) is 40.5 Å². The van der Waals surface area contributed by atoms with E-state index in [9.17, 15) is 10.2 Å². The number of rotatable bonds is 7. The van der Waals surface area contributed by atoms with Crippen molar-refractivity contribution >= 4 is 0 Å². The maximum absolute atomic E-state index is 10.6. The molecule has 0 spiro atoms. The molecule has 0 aromatic heterocycles. The summed E-state index contributed by atoms with van der Waals surface area (Å²) in [6.07, 6.45) is 15.7. The van der Waals surface area contributed by atoms with Crippen LogP contribution in [0.3, 0.4) is 0 Å². The third-order valence-electron chi connectivity index (χ3n) is 11.3. The van der Waals surface area contributed by atoms with E-state index in [1.807, 2.05) is 0 Å². The van der Waals surface area contributed by atoms with Crippen molar-refractivity contribution in [1.82, 2.24) is 0 Å². The van der Waals surface area contributed by atoms with E-state index < -0.39 is 0 Å². The Morgan fingerprint density at radius 2 is 1.81 bits per heavy atom. The summed E-state index contributed by atoms with van der Waals surface area (Å²) in [6, 6.07) is 0. The molecule has 2 heteroatoms. The molecule has 9 atom stereocenters. The molecule has 3 saturated carbocycles. The summed E-state index contributed by atoms with van der Waals surface area (Å²) in [7, 11) is 0. The van der Waals surface area contributed by atoms with Crippen molar-refractivity contribution in [3.05, 3.63) is 11.6 Å². The second-order valence-corrected chi connectivity index (χ2v) is 12.7. The lowest BCUT2D eigenvalue weighted by molar-refractivity contribution is -0.0797. The molecule has 0 amide bonds. The summed E-state index contributed by atoms with van der Waals surface area (Å²) in [4.78, 5) is 0. The lowest BCUT2D eigenvalue weighted by atomic mass is 9.46. The second-order valence-electron chi connectivity index (χ2n) is 12.7. The highest BCUT2D eigenvalue weighted by Crippen LogP contribution is 2.67. The van der Waals surface area contributed by atoms with Crippen LogP contribution in [-0.2, 0) is 0 Å². The standard InChI is InChI=1S/C29H50O2/c1-6-21(19(2)3)8-7-20(4)25-11-12-26-24-10-9-22-17-23(31)13-16-29(22,18-30)27(24)14-15-28(25,26)5/h9,19-21,23-27,30-31H,6-8,10-18H2,1-5H3. The second kappa shape index (κ2) is 9.13. The lowest BCUT2D eigenvalue weighted by Crippen LogP contribution is -2.53. The van der Waals surface area contributed by atoms with Crippen LogP contribution >= 0.6 is 0 Å². The first-order valence-corrected chi connectivity index (χ1v) is 13.7. The van der Waals surface area contributed by atoms with Crippen molar-refractivity contribution in [3.8, 4) is 0 Å². The molecule has 4 rings (SSSR count). The molecule has 0 radical (unpaired) electrons. The number of hydrogen-bond donors (Lipinski definition) is 2. The van der Waals surface area contributed by atoms with Gasteiger partial charge in [-0.2, -0.15) is 0 Å². The van der Waals surface area contributed by atoms with Crippen LogP contribution in [0, 0.1) is 52.3 Å². The maximum atomic E-state index is 10.6. The summed E-state index contributed by atoms with van der Waals surface area (Å²) < 4.78 is 0. The van der Waals surface area contributed by atoms with Gasteiger partial charge in [0.25, 0.3) is 0 Å². The minimum atomic E-state index is -0.189. The van der Waals surface area contributed by atoms with Gasteiger partial charge in [0.15, 0.2) is 0 Å². The molecule has 0 saturated heterocycles. The number of hydrogen-bond acceptors (Lipinski definition) is 2. The summed E-state index contributed by atoms with van der Waals surface area (Å²) in [6.45, 7) is 12.7. The monoisotopic (exact) mass is 430 g/mol. The molecular formula is C29H50O2. The molecule has 0 aromatic carbocycles. The van der Waals surface area contributed by atoms with Crippen molar-refractivity contribution < 1.29 is 10.2 Å². The molecule has 4 aliphatic carbocycles. The van der Waals surface area contributed by atoms with Gasteiger partial charge in [-0.3, -0.25) is 0 Å². The zero-order valence-electron chi connectivity index (χ0n) is 21.1. The Morgan fingerprint density at radius 1 is 1.03 bits per heavy atom. The minimum absolute atomic E-state index is 0.0151. The average Bonchev–Trinajstić information content (AvgIpc) is 3.10. The number of allylic oxidation sites excluding steroid dienone is 1. The Balaban J connectivity index is 1.50. The van der Waals surface area contributed by atoms with Crippen LogP contribution in [0.25, 0.3) is 0 Å². The summed E-state index contributed by atoms with van der Waals surface area (Å²) in [5.41, 5.74) is 1.88. The fraction of sp³-hybridized carbons (Fsp3) is 0.931. The highest BCUT2D eigenvalue weighted by molar-refractivity contribution is 5.26. The predicted octanol–water partition coefficient (Wildman–Crippen LogP) is 7.00. The minimum Gasteiger partial charge on any atom is -0.395 e. The zero-order chi connectivity index (χ0) is 22.4.